The van der Waals surface area contributed by atoms with E-state index in [1.54, 1.807) is 19.1 Å². The number of carbonyl (C=O) groups excluding carboxylic acids is 2. The highest BCUT2D eigenvalue weighted by atomic mass is 32.2. The highest BCUT2D eigenvalue weighted by Crippen LogP contribution is 2.33. The quantitative estimate of drug-likeness (QED) is 0.307. The number of aryl methyl sites for hydroxylation is 2. The Kier molecular flexibility index (Phi) is 11.0. The molecule has 2 amide bonds. The van der Waals surface area contributed by atoms with Gasteiger partial charge in [-0.05, 0) is 67.6 Å². The summed E-state index contributed by atoms with van der Waals surface area (Å²) in [7, 11) is -1.38. The van der Waals surface area contributed by atoms with E-state index in [0.717, 1.165) is 21.0 Å². The summed E-state index contributed by atoms with van der Waals surface area (Å²) >= 11 is 0. The number of nitrogens with zero attached hydrogens (tertiary/aromatic N) is 2. The second kappa shape index (κ2) is 14.2. The summed E-state index contributed by atoms with van der Waals surface area (Å²) in [4.78, 5) is 28.6. The minimum Gasteiger partial charge on any atom is -0.493 e. The molecule has 3 aromatic rings. The van der Waals surface area contributed by atoms with E-state index < -0.39 is 28.5 Å². The second-order valence-corrected chi connectivity index (χ2v) is 12.6. The Morgan fingerprint density at radius 2 is 1.48 bits per heavy atom. The Hall–Kier alpha value is -4.05. The monoisotopic (exact) mass is 595 g/mol. The van der Waals surface area contributed by atoms with Crippen molar-refractivity contribution in [2.45, 2.75) is 52.1 Å². The highest BCUT2D eigenvalue weighted by molar-refractivity contribution is 7.92. The fourth-order valence-electron chi connectivity index (χ4n) is 4.54. The van der Waals surface area contributed by atoms with Gasteiger partial charge in [-0.1, -0.05) is 50.2 Å². The van der Waals surface area contributed by atoms with Crippen LogP contribution in [0.2, 0.25) is 0 Å². The van der Waals surface area contributed by atoms with E-state index in [-0.39, 0.29) is 29.0 Å². The van der Waals surface area contributed by atoms with E-state index in [1.165, 1.54) is 37.3 Å². The van der Waals surface area contributed by atoms with Gasteiger partial charge in [-0.3, -0.25) is 13.9 Å². The first-order valence-electron chi connectivity index (χ1n) is 13.8. The van der Waals surface area contributed by atoms with Crippen molar-refractivity contribution < 1.29 is 27.5 Å². The van der Waals surface area contributed by atoms with Crippen molar-refractivity contribution in [1.29, 1.82) is 0 Å². The molecule has 0 bridgehead atoms. The number of benzene rings is 3. The number of nitrogens with one attached hydrogen (secondary N) is 1. The average molecular weight is 596 g/mol. The van der Waals surface area contributed by atoms with Crippen LogP contribution in [-0.2, 0) is 26.2 Å². The molecule has 10 heteroatoms. The third-order valence-electron chi connectivity index (χ3n) is 6.76. The van der Waals surface area contributed by atoms with E-state index in [4.69, 9.17) is 9.47 Å². The molecule has 0 fully saturated rings. The molecule has 42 heavy (non-hydrogen) atoms. The van der Waals surface area contributed by atoms with Crippen molar-refractivity contribution in [3.63, 3.8) is 0 Å². The van der Waals surface area contributed by atoms with Crippen LogP contribution in [-0.4, -0.2) is 58.5 Å². The number of carbonyl (C=O) groups is 2. The molecule has 0 saturated heterocycles. The fourth-order valence-corrected chi connectivity index (χ4v) is 5.96. The van der Waals surface area contributed by atoms with Gasteiger partial charge < -0.3 is 19.7 Å². The SMILES string of the molecule is COc1ccc(S(=O)(=O)N(CC(=O)N(Cc2ccccc2)[C@@H](C)C(=O)NCC(C)C)c2cc(C)cc(C)c2)cc1OC. The lowest BCUT2D eigenvalue weighted by molar-refractivity contribution is -0.139. The molecular formula is C32H41N3O6S. The lowest BCUT2D eigenvalue weighted by atomic mass is 10.1. The molecular weight excluding hydrogens is 554 g/mol. The Morgan fingerprint density at radius 3 is 2.05 bits per heavy atom. The Balaban J connectivity index is 2.08. The summed E-state index contributed by atoms with van der Waals surface area (Å²) in [6, 6.07) is 18.1. The van der Waals surface area contributed by atoms with E-state index in [0.29, 0.717) is 18.0 Å². The van der Waals surface area contributed by atoms with Crippen LogP contribution in [0.5, 0.6) is 11.5 Å². The number of sulfonamides is 1. The maximum atomic E-state index is 14.2. The fraction of sp³-hybridized carbons (Fsp3) is 0.375. The third kappa shape index (κ3) is 8.03. The van der Waals surface area contributed by atoms with Crippen LogP contribution in [0.25, 0.3) is 0 Å². The molecule has 0 saturated carbocycles. The lowest BCUT2D eigenvalue weighted by Crippen LogP contribution is -2.51. The van der Waals surface area contributed by atoms with Crippen LogP contribution in [0, 0.1) is 19.8 Å². The largest absolute Gasteiger partial charge is 0.493 e. The van der Waals surface area contributed by atoms with Crippen LogP contribution in [0.4, 0.5) is 5.69 Å². The van der Waals surface area contributed by atoms with Crippen molar-refractivity contribution in [2.24, 2.45) is 5.92 Å². The van der Waals surface area contributed by atoms with E-state index in [1.807, 2.05) is 64.1 Å². The van der Waals surface area contributed by atoms with Gasteiger partial charge >= 0.3 is 0 Å². The number of hydrogen-bond donors (Lipinski definition) is 1. The van der Waals surface area contributed by atoms with Crippen LogP contribution in [0.15, 0.2) is 71.6 Å². The second-order valence-electron chi connectivity index (χ2n) is 10.7. The zero-order valence-electron chi connectivity index (χ0n) is 25.4. The highest BCUT2D eigenvalue weighted by Gasteiger charge is 2.33. The maximum absolute atomic E-state index is 14.2. The Labute approximate surface area is 249 Å². The molecule has 3 rings (SSSR count). The van der Waals surface area contributed by atoms with Gasteiger partial charge in [0.25, 0.3) is 10.0 Å². The lowest BCUT2D eigenvalue weighted by Gasteiger charge is -2.32. The van der Waals surface area contributed by atoms with Crippen molar-refractivity contribution >= 4 is 27.5 Å². The minimum absolute atomic E-state index is 0.0653. The molecule has 9 nitrogen and oxygen atoms in total. The van der Waals surface area contributed by atoms with Crippen LogP contribution in [0.1, 0.15) is 37.5 Å². The summed E-state index contributed by atoms with van der Waals surface area (Å²) in [6.07, 6.45) is 0. The summed E-state index contributed by atoms with van der Waals surface area (Å²) in [5.41, 5.74) is 2.84. The average Bonchev–Trinajstić information content (AvgIpc) is 2.96. The van der Waals surface area contributed by atoms with Gasteiger partial charge in [0, 0.05) is 19.2 Å². The molecule has 0 aliphatic heterocycles. The molecule has 226 valence electrons. The van der Waals surface area contributed by atoms with Crippen LogP contribution >= 0.6 is 0 Å². The molecule has 0 heterocycles. The molecule has 1 N–H and O–H groups in total. The van der Waals surface area contributed by atoms with E-state index >= 15 is 0 Å². The van der Waals surface area contributed by atoms with E-state index in [9.17, 15) is 18.0 Å². The Morgan fingerprint density at radius 1 is 0.857 bits per heavy atom. The molecule has 0 spiro atoms. The van der Waals surface area contributed by atoms with Crippen LogP contribution in [0.3, 0.4) is 0 Å². The summed E-state index contributed by atoms with van der Waals surface area (Å²) < 4.78 is 40.1. The molecule has 0 aromatic heterocycles. The van der Waals surface area contributed by atoms with Gasteiger partial charge in [-0.15, -0.1) is 0 Å². The molecule has 0 aliphatic rings. The smallest absolute Gasteiger partial charge is 0.264 e. The molecule has 3 aromatic carbocycles. The first-order chi connectivity index (χ1) is 19.9. The number of rotatable bonds is 13. The maximum Gasteiger partial charge on any atom is 0.264 e. The zero-order valence-corrected chi connectivity index (χ0v) is 26.2. The summed E-state index contributed by atoms with van der Waals surface area (Å²) in [5.74, 6) is 0.0150. The van der Waals surface area contributed by atoms with Crippen molar-refractivity contribution in [3.8, 4) is 11.5 Å². The van der Waals surface area contributed by atoms with Crippen molar-refractivity contribution in [2.75, 3.05) is 31.6 Å². The number of hydrogen-bond acceptors (Lipinski definition) is 6. The van der Waals surface area contributed by atoms with Crippen molar-refractivity contribution in [1.82, 2.24) is 10.2 Å². The predicted molar refractivity (Wildman–Crippen MR) is 164 cm³/mol. The normalized spacial score (nSPS) is 12.0. The van der Waals surface area contributed by atoms with Crippen molar-refractivity contribution in [3.05, 3.63) is 83.4 Å². The number of methoxy groups -OCH3 is 2. The van der Waals surface area contributed by atoms with Gasteiger partial charge in [0.1, 0.15) is 12.6 Å². The minimum atomic E-state index is -4.26. The van der Waals surface area contributed by atoms with Gasteiger partial charge in [-0.2, -0.15) is 0 Å². The third-order valence-corrected chi connectivity index (χ3v) is 8.53. The van der Waals surface area contributed by atoms with Gasteiger partial charge in [0.15, 0.2) is 11.5 Å². The zero-order chi connectivity index (χ0) is 31.0. The van der Waals surface area contributed by atoms with Crippen LogP contribution < -0.4 is 19.1 Å². The molecule has 0 aliphatic carbocycles. The van der Waals surface area contributed by atoms with Gasteiger partial charge in [0.05, 0.1) is 24.8 Å². The summed E-state index contributed by atoms with van der Waals surface area (Å²) in [5, 5.41) is 2.89. The number of anilines is 1. The molecule has 0 unspecified atom stereocenters. The predicted octanol–water partition coefficient (Wildman–Crippen LogP) is 4.71. The summed E-state index contributed by atoms with van der Waals surface area (Å²) in [6.45, 7) is 9.42. The van der Waals surface area contributed by atoms with E-state index in [2.05, 4.69) is 5.32 Å². The molecule has 1 atom stereocenters. The Bertz CT molecular complexity index is 1470. The topological polar surface area (TPSA) is 105 Å². The standard InChI is InChI=1S/C32H41N3O6S/c1-22(2)19-33-32(37)25(5)34(20-26-11-9-8-10-12-26)31(36)21-35(27-16-23(3)15-24(4)17-27)42(38,39)28-13-14-29(40-6)30(18-28)41-7/h8-18,22,25H,19-21H2,1-7H3,(H,33,37)/t25-/m0/s1. The van der Waals surface area contributed by atoms with Gasteiger partial charge in [-0.25, -0.2) is 8.42 Å². The molecule has 0 radical (unpaired) electrons. The first-order valence-corrected chi connectivity index (χ1v) is 15.3. The van der Waals surface area contributed by atoms with Gasteiger partial charge in [0.2, 0.25) is 11.8 Å². The first kappa shape index (κ1) is 32.5. The number of ether oxygens (including phenoxy) is 2. The number of amides is 2.